The maximum atomic E-state index is 5.62. The smallest absolute Gasteiger partial charge is 0.235 e. The molecule has 0 radical (unpaired) electrons. The molecule has 0 atom stereocenters. The molecule has 2 aliphatic carbocycles. The highest BCUT2D eigenvalue weighted by atomic mass is 15.2. The first kappa shape index (κ1) is 29.3. The first-order valence-corrected chi connectivity index (χ1v) is 19.1. The molecule has 10 aromatic rings. The van der Waals surface area contributed by atoms with E-state index >= 15 is 0 Å². The third-order valence-corrected chi connectivity index (χ3v) is 12.5. The lowest BCUT2D eigenvalue weighted by Gasteiger charge is -2.36. The van der Waals surface area contributed by atoms with E-state index in [2.05, 4.69) is 156 Å². The summed E-state index contributed by atoms with van der Waals surface area (Å²) >= 11 is 0. The van der Waals surface area contributed by atoms with Gasteiger partial charge in [-0.2, -0.15) is 0 Å². The van der Waals surface area contributed by atoms with Crippen molar-refractivity contribution in [3.8, 4) is 28.3 Å². The van der Waals surface area contributed by atoms with Crippen molar-refractivity contribution < 1.29 is 0 Å². The number of hydrogen-bond acceptors (Lipinski definition) is 2. The minimum atomic E-state index is -0.0300. The Morgan fingerprint density at radius 2 is 1.17 bits per heavy atom. The number of aromatic nitrogens is 3. The molecule has 0 aliphatic heterocycles. The molecule has 12 rings (SSSR count). The van der Waals surface area contributed by atoms with Crippen molar-refractivity contribution in [2.45, 2.75) is 37.5 Å². The molecule has 2 heterocycles. The van der Waals surface area contributed by atoms with Gasteiger partial charge in [-0.05, 0) is 68.8 Å². The van der Waals surface area contributed by atoms with E-state index in [9.17, 15) is 0 Å². The number of fused-ring (bicyclic) bond motifs is 16. The van der Waals surface area contributed by atoms with Gasteiger partial charge in [-0.25, -0.2) is 9.97 Å². The Labute approximate surface area is 307 Å². The van der Waals surface area contributed by atoms with Crippen LogP contribution in [0.25, 0.3) is 93.4 Å². The van der Waals surface area contributed by atoms with E-state index in [1.54, 1.807) is 0 Å². The van der Waals surface area contributed by atoms with Gasteiger partial charge < -0.3 is 0 Å². The highest BCUT2D eigenvalue weighted by Crippen LogP contribution is 2.61. The van der Waals surface area contributed by atoms with Crippen molar-refractivity contribution in [3.05, 3.63) is 163 Å². The van der Waals surface area contributed by atoms with E-state index in [4.69, 9.17) is 9.97 Å². The lowest BCUT2D eigenvalue weighted by molar-refractivity contribution is 0.355. The molecule has 1 spiro atoms. The summed E-state index contributed by atoms with van der Waals surface area (Å²) in [6.07, 6.45) is 6.12. The number of hydrogen-bond donors (Lipinski definition) is 0. The van der Waals surface area contributed by atoms with Crippen LogP contribution in [-0.2, 0) is 5.41 Å². The minimum Gasteiger partial charge on any atom is -0.277 e. The summed E-state index contributed by atoms with van der Waals surface area (Å²) in [4.78, 5) is 11.1. The molecule has 3 heteroatoms. The van der Waals surface area contributed by atoms with Crippen LogP contribution in [0.15, 0.2) is 152 Å². The summed E-state index contributed by atoms with van der Waals surface area (Å²) in [5, 5.41) is 11.1. The van der Waals surface area contributed by atoms with Gasteiger partial charge in [0.2, 0.25) is 5.95 Å². The van der Waals surface area contributed by atoms with Gasteiger partial charge in [-0.1, -0.05) is 159 Å². The zero-order valence-corrected chi connectivity index (χ0v) is 29.3. The quantitative estimate of drug-likeness (QED) is 0.182. The van der Waals surface area contributed by atoms with E-state index in [-0.39, 0.29) is 5.41 Å². The molecular formula is C50H35N3. The minimum absolute atomic E-state index is 0.0300. The second kappa shape index (κ2) is 10.8. The Morgan fingerprint density at radius 3 is 2.04 bits per heavy atom. The molecule has 0 bridgehead atoms. The number of rotatable bonds is 2. The molecule has 1 saturated carbocycles. The van der Waals surface area contributed by atoms with Crippen molar-refractivity contribution >= 4 is 65.0 Å². The van der Waals surface area contributed by atoms with Crippen LogP contribution in [0.5, 0.6) is 0 Å². The normalized spacial score (nSPS) is 14.9. The van der Waals surface area contributed by atoms with Crippen LogP contribution >= 0.6 is 0 Å². The van der Waals surface area contributed by atoms with Crippen LogP contribution in [0.3, 0.4) is 0 Å². The lowest BCUT2D eigenvalue weighted by Crippen LogP contribution is -2.28. The van der Waals surface area contributed by atoms with Gasteiger partial charge in [-0.15, -0.1) is 0 Å². The van der Waals surface area contributed by atoms with Gasteiger partial charge in [0.15, 0.2) is 0 Å². The van der Waals surface area contributed by atoms with E-state index in [1.165, 1.54) is 108 Å². The first-order valence-electron chi connectivity index (χ1n) is 19.1. The van der Waals surface area contributed by atoms with Crippen LogP contribution in [0, 0.1) is 0 Å². The Bertz CT molecular complexity index is 3160. The number of nitrogens with zero attached hydrogens (tertiary/aromatic N) is 3. The highest BCUT2D eigenvalue weighted by molar-refractivity contribution is 6.28. The third kappa shape index (κ3) is 3.94. The van der Waals surface area contributed by atoms with E-state index < -0.39 is 0 Å². The number of para-hydroxylation sites is 1. The Hall–Kier alpha value is -6.32. The molecule has 0 amide bonds. The molecule has 8 aromatic carbocycles. The van der Waals surface area contributed by atoms with Crippen LogP contribution in [0.2, 0.25) is 0 Å². The second-order valence-corrected chi connectivity index (χ2v) is 15.2. The zero-order chi connectivity index (χ0) is 34.7. The Morgan fingerprint density at radius 1 is 0.491 bits per heavy atom. The molecule has 250 valence electrons. The fourth-order valence-electron chi connectivity index (χ4n) is 10.3. The first-order chi connectivity index (χ1) is 26.3. The van der Waals surface area contributed by atoms with E-state index in [0.717, 1.165) is 22.2 Å². The van der Waals surface area contributed by atoms with Crippen LogP contribution in [0.1, 0.15) is 43.2 Å². The van der Waals surface area contributed by atoms with Crippen molar-refractivity contribution in [1.29, 1.82) is 0 Å². The van der Waals surface area contributed by atoms with Gasteiger partial charge in [0.1, 0.15) is 0 Å². The van der Waals surface area contributed by atoms with Crippen molar-refractivity contribution in [2.24, 2.45) is 0 Å². The van der Waals surface area contributed by atoms with Gasteiger partial charge in [0.05, 0.1) is 22.2 Å². The lowest BCUT2D eigenvalue weighted by atomic mass is 9.66. The summed E-state index contributed by atoms with van der Waals surface area (Å²) in [6, 6.07) is 55.7. The summed E-state index contributed by atoms with van der Waals surface area (Å²) in [7, 11) is 0. The zero-order valence-electron chi connectivity index (χ0n) is 29.3. The van der Waals surface area contributed by atoms with Gasteiger partial charge >= 0.3 is 0 Å². The van der Waals surface area contributed by atoms with E-state index in [1.807, 2.05) is 0 Å². The molecule has 3 nitrogen and oxygen atoms in total. The highest BCUT2D eigenvalue weighted by Gasteiger charge is 2.46. The fraction of sp³-hybridized carbons (Fsp3) is 0.120. The molecule has 0 unspecified atom stereocenters. The van der Waals surface area contributed by atoms with Gasteiger partial charge in [0.25, 0.3) is 0 Å². The molecule has 2 aromatic heterocycles. The van der Waals surface area contributed by atoms with Gasteiger partial charge in [0, 0.05) is 37.9 Å². The van der Waals surface area contributed by atoms with Crippen molar-refractivity contribution in [3.63, 3.8) is 0 Å². The standard InChI is InChI=1S/C50H35N3/c1-12-28-50(29-13-1)41-22-10-8-20-38(41)43-36-18-6-7-19-37(36)48-44(45(43)50)40-27-26-32-15-4-5-17-35(32)47(40)53(48)49-51-42-23-11-9-21-39(42)46(52-49)34-25-24-31-14-2-3-16-33(31)30-34/h2-11,14-27,30H,1,12-13,28-29H2. The second-order valence-electron chi connectivity index (χ2n) is 15.2. The largest absolute Gasteiger partial charge is 0.277 e. The van der Waals surface area contributed by atoms with Crippen molar-refractivity contribution in [1.82, 2.24) is 14.5 Å². The van der Waals surface area contributed by atoms with Crippen LogP contribution in [0.4, 0.5) is 0 Å². The maximum Gasteiger partial charge on any atom is 0.235 e. The SMILES string of the molecule is c1ccc2c(c1)-c1c(c3c4ccc5ccccc5c4n(-c4nc(-c5ccc6ccccc6c5)c5ccccc5n4)c3c3ccccc13)C21CCCCC1. The maximum absolute atomic E-state index is 5.62. The van der Waals surface area contributed by atoms with Crippen LogP contribution < -0.4 is 0 Å². The molecule has 0 N–H and O–H groups in total. The predicted molar refractivity (Wildman–Crippen MR) is 221 cm³/mol. The summed E-state index contributed by atoms with van der Waals surface area (Å²) in [5.74, 6) is 0.710. The fourth-order valence-corrected chi connectivity index (χ4v) is 10.3. The van der Waals surface area contributed by atoms with Crippen molar-refractivity contribution in [2.75, 3.05) is 0 Å². The summed E-state index contributed by atoms with van der Waals surface area (Å²) in [5.41, 5.74) is 11.2. The average molecular weight is 678 g/mol. The third-order valence-electron chi connectivity index (χ3n) is 12.5. The Kier molecular flexibility index (Phi) is 5.99. The monoisotopic (exact) mass is 677 g/mol. The molecule has 2 aliphatic rings. The molecule has 0 saturated heterocycles. The molecule has 1 fully saturated rings. The number of benzene rings is 8. The van der Waals surface area contributed by atoms with Gasteiger partial charge in [-0.3, -0.25) is 4.57 Å². The molecular weight excluding hydrogens is 643 g/mol. The van der Waals surface area contributed by atoms with E-state index in [0.29, 0.717) is 5.95 Å². The molecule has 53 heavy (non-hydrogen) atoms. The Balaban J connectivity index is 1.30. The summed E-state index contributed by atoms with van der Waals surface area (Å²) in [6.45, 7) is 0. The van der Waals surface area contributed by atoms with Crippen LogP contribution in [-0.4, -0.2) is 14.5 Å². The average Bonchev–Trinajstić information content (AvgIpc) is 3.71. The predicted octanol–water partition coefficient (Wildman–Crippen LogP) is 13.1. The topological polar surface area (TPSA) is 30.7 Å². The summed E-state index contributed by atoms with van der Waals surface area (Å²) < 4.78 is 2.44.